The van der Waals surface area contributed by atoms with Crippen molar-refractivity contribution >= 4 is 5.96 Å². The van der Waals surface area contributed by atoms with E-state index in [2.05, 4.69) is 32.2 Å². The van der Waals surface area contributed by atoms with E-state index in [0.29, 0.717) is 18.0 Å². The molecule has 0 radical (unpaired) electrons. The number of guanidine groups is 1. The minimum Gasteiger partial charge on any atom is -0.367 e. The molecular formula is C19H29F3N4O. The molecular weight excluding hydrogens is 357 g/mol. The monoisotopic (exact) mass is 386 g/mol. The molecule has 152 valence electrons. The lowest BCUT2D eigenvalue weighted by Crippen LogP contribution is -2.39. The van der Waals surface area contributed by atoms with E-state index in [9.17, 15) is 13.2 Å². The maximum atomic E-state index is 12.1. The number of ether oxygens (including phenoxy) is 1. The fourth-order valence-corrected chi connectivity index (χ4v) is 3.05. The van der Waals surface area contributed by atoms with Gasteiger partial charge in [-0.25, -0.2) is 0 Å². The summed E-state index contributed by atoms with van der Waals surface area (Å²) in [6.45, 7) is 5.78. The number of hydrogen-bond donors (Lipinski definition) is 2. The van der Waals surface area contributed by atoms with E-state index in [4.69, 9.17) is 0 Å². The van der Waals surface area contributed by atoms with Crippen LogP contribution in [0.5, 0.6) is 0 Å². The number of aliphatic imine (C=N–C) groups is 1. The zero-order chi connectivity index (χ0) is 19.7. The van der Waals surface area contributed by atoms with Crippen LogP contribution < -0.4 is 10.6 Å². The molecule has 1 aromatic rings. The molecule has 0 bridgehead atoms. The van der Waals surface area contributed by atoms with Gasteiger partial charge >= 0.3 is 6.18 Å². The van der Waals surface area contributed by atoms with Crippen LogP contribution in [0.25, 0.3) is 0 Å². The summed E-state index contributed by atoms with van der Waals surface area (Å²) < 4.78 is 40.9. The summed E-state index contributed by atoms with van der Waals surface area (Å²) in [5.41, 5.74) is 1.74. The maximum absolute atomic E-state index is 12.1. The fraction of sp³-hybridized carbons (Fsp3) is 0.632. The molecule has 0 saturated carbocycles. The highest BCUT2D eigenvalue weighted by Gasteiger charge is 2.27. The summed E-state index contributed by atoms with van der Waals surface area (Å²) in [6.07, 6.45) is -3.09. The average molecular weight is 386 g/mol. The number of rotatable bonds is 8. The Labute approximate surface area is 159 Å². The molecule has 1 aliphatic heterocycles. The molecule has 0 aliphatic carbocycles. The third kappa shape index (κ3) is 8.17. The Morgan fingerprint density at radius 2 is 1.93 bits per heavy atom. The van der Waals surface area contributed by atoms with Crippen LogP contribution in [0.4, 0.5) is 13.2 Å². The molecule has 5 nitrogen and oxygen atoms in total. The second kappa shape index (κ2) is 10.5. The Bertz CT molecular complexity index is 590. The Hall–Kier alpha value is -1.80. The number of nitrogens with zero attached hydrogens (tertiary/aromatic N) is 2. The van der Waals surface area contributed by atoms with Gasteiger partial charge in [0.15, 0.2) is 5.96 Å². The van der Waals surface area contributed by atoms with Crippen LogP contribution in [-0.2, 0) is 17.9 Å². The van der Waals surface area contributed by atoms with Gasteiger partial charge < -0.3 is 20.3 Å². The van der Waals surface area contributed by atoms with E-state index >= 15 is 0 Å². The van der Waals surface area contributed by atoms with Crippen LogP contribution in [0.1, 0.15) is 24.5 Å². The van der Waals surface area contributed by atoms with E-state index in [-0.39, 0.29) is 6.61 Å². The molecule has 2 rings (SSSR count). The van der Waals surface area contributed by atoms with Gasteiger partial charge in [-0.15, -0.1) is 0 Å². The number of nitrogens with one attached hydrogen (secondary N) is 2. The van der Waals surface area contributed by atoms with Crippen molar-refractivity contribution in [3.63, 3.8) is 0 Å². The van der Waals surface area contributed by atoms with Gasteiger partial charge in [0, 0.05) is 26.7 Å². The predicted octanol–water partition coefficient (Wildman–Crippen LogP) is 2.77. The summed E-state index contributed by atoms with van der Waals surface area (Å²) in [7, 11) is 1.74. The van der Waals surface area contributed by atoms with Crippen molar-refractivity contribution < 1.29 is 17.9 Å². The molecule has 0 amide bonds. The third-order valence-electron chi connectivity index (χ3n) is 4.62. The second-order valence-electron chi connectivity index (χ2n) is 6.78. The van der Waals surface area contributed by atoms with Crippen LogP contribution in [0.2, 0.25) is 0 Å². The first-order valence-electron chi connectivity index (χ1n) is 9.28. The lowest BCUT2D eigenvalue weighted by atomic mass is 10.1. The van der Waals surface area contributed by atoms with Crippen LogP contribution in [0, 0.1) is 5.92 Å². The van der Waals surface area contributed by atoms with Gasteiger partial charge in [0.1, 0.15) is 6.61 Å². The minimum absolute atomic E-state index is 0.0490. The summed E-state index contributed by atoms with van der Waals surface area (Å²) in [5, 5.41) is 6.63. The minimum atomic E-state index is -4.29. The summed E-state index contributed by atoms with van der Waals surface area (Å²) in [4.78, 5) is 6.69. The molecule has 0 spiro atoms. The standard InChI is InChI=1S/C19H29F3N4O/c1-3-26-9-8-17(12-26)11-25-18(23-2)24-10-15-4-6-16(7-5-15)13-27-14-19(20,21)22/h4-7,17H,3,8-14H2,1-2H3,(H2,23,24,25). The van der Waals surface area contributed by atoms with Gasteiger partial charge in [-0.2, -0.15) is 13.2 Å². The largest absolute Gasteiger partial charge is 0.411 e. The number of benzene rings is 1. The third-order valence-corrected chi connectivity index (χ3v) is 4.62. The van der Waals surface area contributed by atoms with E-state index in [0.717, 1.165) is 37.7 Å². The van der Waals surface area contributed by atoms with Crippen molar-refractivity contribution in [2.24, 2.45) is 10.9 Å². The molecule has 2 N–H and O–H groups in total. The van der Waals surface area contributed by atoms with E-state index in [1.807, 2.05) is 12.1 Å². The summed E-state index contributed by atoms with van der Waals surface area (Å²) in [6, 6.07) is 7.31. The topological polar surface area (TPSA) is 48.9 Å². The number of likely N-dealkylation sites (tertiary alicyclic amines) is 1. The lowest BCUT2D eigenvalue weighted by Gasteiger charge is -2.16. The van der Waals surface area contributed by atoms with E-state index in [1.54, 1.807) is 19.2 Å². The molecule has 1 atom stereocenters. The van der Waals surface area contributed by atoms with Crippen molar-refractivity contribution in [3.8, 4) is 0 Å². The van der Waals surface area contributed by atoms with Gasteiger partial charge in [0.05, 0.1) is 6.61 Å². The van der Waals surface area contributed by atoms with Gasteiger partial charge in [0.25, 0.3) is 0 Å². The molecule has 1 saturated heterocycles. The molecule has 27 heavy (non-hydrogen) atoms. The van der Waals surface area contributed by atoms with Gasteiger partial charge in [-0.1, -0.05) is 31.2 Å². The molecule has 1 aromatic carbocycles. The van der Waals surface area contributed by atoms with Crippen LogP contribution in [-0.4, -0.2) is 56.9 Å². The Kier molecular flexibility index (Phi) is 8.37. The first kappa shape index (κ1) is 21.5. The van der Waals surface area contributed by atoms with Crippen molar-refractivity contribution in [1.82, 2.24) is 15.5 Å². The van der Waals surface area contributed by atoms with Gasteiger partial charge in [0.2, 0.25) is 0 Å². The number of hydrogen-bond acceptors (Lipinski definition) is 3. The highest BCUT2D eigenvalue weighted by atomic mass is 19.4. The predicted molar refractivity (Wildman–Crippen MR) is 101 cm³/mol. The Morgan fingerprint density at radius 3 is 2.52 bits per heavy atom. The quantitative estimate of drug-likeness (QED) is 0.533. The molecule has 1 heterocycles. The van der Waals surface area contributed by atoms with E-state index in [1.165, 1.54) is 6.42 Å². The smallest absolute Gasteiger partial charge is 0.367 e. The molecule has 1 fully saturated rings. The fourth-order valence-electron chi connectivity index (χ4n) is 3.05. The molecule has 8 heteroatoms. The number of halogens is 3. The lowest BCUT2D eigenvalue weighted by molar-refractivity contribution is -0.176. The second-order valence-corrected chi connectivity index (χ2v) is 6.78. The van der Waals surface area contributed by atoms with Gasteiger partial charge in [-0.05, 0) is 36.6 Å². The van der Waals surface area contributed by atoms with Crippen LogP contribution in [0.3, 0.4) is 0 Å². The Balaban J connectivity index is 1.69. The highest BCUT2D eigenvalue weighted by Crippen LogP contribution is 2.16. The zero-order valence-corrected chi connectivity index (χ0v) is 16.0. The van der Waals surface area contributed by atoms with Crippen molar-refractivity contribution in [1.29, 1.82) is 0 Å². The Morgan fingerprint density at radius 1 is 1.22 bits per heavy atom. The molecule has 1 unspecified atom stereocenters. The summed E-state index contributed by atoms with van der Waals surface area (Å²) in [5.74, 6) is 1.39. The molecule has 1 aliphatic rings. The van der Waals surface area contributed by atoms with Gasteiger partial charge in [-0.3, -0.25) is 4.99 Å². The first-order valence-corrected chi connectivity index (χ1v) is 9.28. The molecule has 0 aromatic heterocycles. The average Bonchev–Trinajstić information content (AvgIpc) is 3.10. The first-order chi connectivity index (χ1) is 12.9. The van der Waals surface area contributed by atoms with Crippen molar-refractivity contribution in [2.45, 2.75) is 32.7 Å². The van der Waals surface area contributed by atoms with E-state index < -0.39 is 12.8 Å². The van der Waals surface area contributed by atoms with Crippen molar-refractivity contribution in [3.05, 3.63) is 35.4 Å². The maximum Gasteiger partial charge on any atom is 0.411 e. The zero-order valence-electron chi connectivity index (χ0n) is 16.0. The number of alkyl halides is 3. The van der Waals surface area contributed by atoms with Crippen LogP contribution >= 0.6 is 0 Å². The summed E-state index contributed by atoms with van der Waals surface area (Å²) >= 11 is 0. The normalized spacial score (nSPS) is 18.7. The SMILES string of the molecule is CCN1CCC(CNC(=NC)NCc2ccc(COCC(F)(F)F)cc2)C1. The van der Waals surface area contributed by atoms with Crippen molar-refractivity contribution in [2.75, 3.05) is 39.8 Å². The van der Waals surface area contributed by atoms with Crippen LogP contribution in [0.15, 0.2) is 29.3 Å². The highest BCUT2D eigenvalue weighted by molar-refractivity contribution is 5.79.